The van der Waals surface area contributed by atoms with Crippen LogP contribution >= 0.6 is 0 Å². The van der Waals surface area contributed by atoms with Gasteiger partial charge in [0, 0.05) is 49.8 Å². The number of hydrogen-bond acceptors (Lipinski definition) is 3. The number of aromatic nitrogens is 1. The Kier molecular flexibility index (Phi) is 5.17. The fraction of sp³-hybridized carbons (Fsp3) is 0.261. The summed E-state index contributed by atoms with van der Waals surface area (Å²) in [5.74, 6) is 0.0544. The van der Waals surface area contributed by atoms with Crippen LogP contribution in [0.3, 0.4) is 0 Å². The summed E-state index contributed by atoms with van der Waals surface area (Å²) in [6.45, 7) is 3.49. The van der Waals surface area contributed by atoms with Crippen LogP contribution in [0, 0.1) is 0 Å². The highest BCUT2D eigenvalue weighted by Crippen LogP contribution is 2.33. The second-order valence-corrected chi connectivity index (χ2v) is 7.37. The molecule has 4 rings (SSSR count). The maximum atomic E-state index is 13.2. The zero-order valence-electron chi connectivity index (χ0n) is 16.5. The van der Waals surface area contributed by atoms with Gasteiger partial charge in [-0.2, -0.15) is 0 Å². The Labute approximate surface area is 166 Å². The van der Waals surface area contributed by atoms with E-state index in [0.29, 0.717) is 12.1 Å². The number of para-hydroxylation sites is 2. The van der Waals surface area contributed by atoms with E-state index in [2.05, 4.69) is 30.0 Å². The monoisotopic (exact) mass is 374 g/mol. The molecule has 2 aromatic carbocycles. The molecule has 3 aromatic rings. The van der Waals surface area contributed by atoms with E-state index in [-0.39, 0.29) is 5.91 Å². The quantitative estimate of drug-likeness (QED) is 0.685. The van der Waals surface area contributed by atoms with Gasteiger partial charge in [0.15, 0.2) is 0 Å². The van der Waals surface area contributed by atoms with Crippen LogP contribution in [0.2, 0.25) is 0 Å². The molecular formula is C23H26N4O. The summed E-state index contributed by atoms with van der Waals surface area (Å²) in [7, 11) is 4.17. The van der Waals surface area contributed by atoms with Crippen molar-refractivity contribution in [3.8, 4) is 5.69 Å². The Morgan fingerprint density at radius 3 is 2.25 bits per heavy atom. The minimum Gasteiger partial charge on any atom is -0.367 e. The predicted octanol–water partition coefficient (Wildman–Crippen LogP) is 3.51. The van der Waals surface area contributed by atoms with E-state index in [1.165, 1.54) is 0 Å². The molecule has 0 spiro atoms. The molecule has 2 heterocycles. The minimum absolute atomic E-state index is 0.0544. The number of fused-ring (bicyclic) bond motifs is 1. The summed E-state index contributed by atoms with van der Waals surface area (Å²) in [4.78, 5) is 19.7. The van der Waals surface area contributed by atoms with Gasteiger partial charge in [0.05, 0.1) is 11.4 Å². The van der Waals surface area contributed by atoms with Gasteiger partial charge in [0.1, 0.15) is 0 Å². The van der Waals surface area contributed by atoms with Crippen LogP contribution in [-0.2, 0) is 0 Å². The van der Waals surface area contributed by atoms with Gasteiger partial charge in [-0.3, -0.25) is 4.79 Å². The summed E-state index contributed by atoms with van der Waals surface area (Å²) in [6, 6.07) is 20.0. The molecule has 0 saturated heterocycles. The maximum absolute atomic E-state index is 13.2. The summed E-state index contributed by atoms with van der Waals surface area (Å²) in [5, 5.41) is 0. The van der Waals surface area contributed by atoms with Crippen molar-refractivity contribution in [2.45, 2.75) is 0 Å². The van der Waals surface area contributed by atoms with Crippen LogP contribution in [0.25, 0.3) is 5.69 Å². The Morgan fingerprint density at radius 2 is 1.57 bits per heavy atom. The number of likely N-dealkylation sites (N-methyl/N-ethyl adjacent to an activating group) is 1. The normalized spacial score (nSPS) is 13.7. The number of amides is 1. The first-order valence-corrected chi connectivity index (χ1v) is 9.67. The highest BCUT2D eigenvalue weighted by atomic mass is 16.2. The lowest BCUT2D eigenvalue weighted by molar-refractivity contribution is 0.0986. The molecule has 5 nitrogen and oxygen atoms in total. The van der Waals surface area contributed by atoms with Gasteiger partial charge in [-0.15, -0.1) is 0 Å². The molecule has 0 aliphatic carbocycles. The van der Waals surface area contributed by atoms with Gasteiger partial charge in [-0.1, -0.05) is 12.1 Å². The number of hydrogen-bond donors (Lipinski definition) is 0. The molecule has 0 bridgehead atoms. The molecule has 144 valence electrons. The Morgan fingerprint density at radius 1 is 0.893 bits per heavy atom. The SMILES string of the molecule is CN(C)CCN1CCN(C(=O)c2ccc(-n3cccc3)cc2)c2ccccc21. The van der Waals surface area contributed by atoms with Crippen LogP contribution in [0.1, 0.15) is 10.4 Å². The molecule has 0 unspecified atom stereocenters. The smallest absolute Gasteiger partial charge is 0.258 e. The van der Waals surface area contributed by atoms with Crippen LogP contribution < -0.4 is 9.80 Å². The van der Waals surface area contributed by atoms with Crippen molar-refractivity contribution in [3.63, 3.8) is 0 Å². The van der Waals surface area contributed by atoms with E-state index in [1.54, 1.807) is 0 Å². The highest BCUT2D eigenvalue weighted by molar-refractivity contribution is 6.08. The summed E-state index contributed by atoms with van der Waals surface area (Å²) < 4.78 is 2.03. The molecule has 1 aromatic heterocycles. The van der Waals surface area contributed by atoms with E-state index < -0.39 is 0 Å². The van der Waals surface area contributed by atoms with E-state index >= 15 is 0 Å². The van der Waals surface area contributed by atoms with Crippen LogP contribution in [0.15, 0.2) is 73.1 Å². The van der Waals surface area contributed by atoms with E-state index in [0.717, 1.165) is 36.7 Å². The Balaban J connectivity index is 1.56. The number of nitrogens with zero attached hydrogens (tertiary/aromatic N) is 4. The highest BCUT2D eigenvalue weighted by Gasteiger charge is 2.27. The average Bonchev–Trinajstić information content (AvgIpc) is 3.26. The minimum atomic E-state index is 0.0544. The van der Waals surface area contributed by atoms with Crippen molar-refractivity contribution in [1.82, 2.24) is 9.47 Å². The van der Waals surface area contributed by atoms with Crippen molar-refractivity contribution in [1.29, 1.82) is 0 Å². The molecule has 0 saturated carbocycles. The van der Waals surface area contributed by atoms with Crippen LogP contribution in [0.4, 0.5) is 11.4 Å². The molecule has 1 aliphatic heterocycles. The number of benzene rings is 2. The van der Waals surface area contributed by atoms with Gasteiger partial charge < -0.3 is 19.3 Å². The molecular weight excluding hydrogens is 348 g/mol. The third-order valence-electron chi connectivity index (χ3n) is 5.19. The van der Waals surface area contributed by atoms with Crippen LogP contribution in [0.5, 0.6) is 0 Å². The van der Waals surface area contributed by atoms with Gasteiger partial charge in [-0.25, -0.2) is 0 Å². The van der Waals surface area contributed by atoms with E-state index in [1.807, 2.05) is 76.5 Å². The fourth-order valence-electron chi connectivity index (χ4n) is 3.62. The lowest BCUT2D eigenvalue weighted by atomic mass is 10.1. The molecule has 28 heavy (non-hydrogen) atoms. The Bertz CT molecular complexity index is 932. The summed E-state index contributed by atoms with van der Waals surface area (Å²) >= 11 is 0. The van der Waals surface area contributed by atoms with Crippen molar-refractivity contribution >= 4 is 17.3 Å². The fourth-order valence-corrected chi connectivity index (χ4v) is 3.62. The number of rotatable bonds is 5. The van der Waals surface area contributed by atoms with Crippen molar-refractivity contribution in [2.75, 3.05) is 50.1 Å². The standard InChI is InChI=1S/C23H26N4O/c1-24(2)15-16-26-17-18-27(22-8-4-3-7-21(22)26)23(28)19-9-11-20(12-10-19)25-13-5-6-14-25/h3-14H,15-18H2,1-2H3. The van der Waals surface area contributed by atoms with Crippen molar-refractivity contribution in [2.24, 2.45) is 0 Å². The van der Waals surface area contributed by atoms with Crippen molar-refractivity contribution in [3.05, 3.63) is 78.6 Å². The maximum Gasteiger partial charge on any atom is 0.258 e. The first-order chi connectivity index (χ1) is 13.6. The third-order valence-corrected chi connectivity index (χ3v) is 5.19. The molecule has 0 fully saturated rings. The first-order valence-electron chi connectivity index (χ1n) is 9.67. The van der Waals surface area contributed by atoms with Crippen LogP contribution in [-0.4, -0.2) is 55.6 Å². The van der Waals surface area contributed by atoms with Gasteiger partial charge >= 0.3 is 0 Å². The lowest BCUT2D eigenvalue weighted by Crippen LogP contribution is -2.45. The summed E-state index contributed by atoms with van der Waals surface area (Å²) in [6.07, 6.45) is 4.00. The molecule has 1 aliphatic rings. The zero-order valence-corrected chi connectivity index (χ0v) is 16.5. The largest absolute Gasteiger partial charge is 0.367 e. The third kappa shape index (κ3) is 3.66. The van der Waals surface area contributed by atoms with Gasteiger partial charge in [-0.05, 0) is 62.6 Å². The van der Waals surface area contributed by atoms with E-state index in [9.17, 15) is 4.79 Å². The molecule has 0 radical (unpaired) electrons. The lowest BCUT2D eigenvalue weighted by Gasteiger charge is -2.38. The Hall–Kier alpha value is -3.05. The summed E-state index contributed by atoms with van der Waals surface area (Å²) in [5.41, 5.74) is 3.89. The van der Waals surface area contributed by atoms with E-state index in [4.69, 9.17) is 0 Å². The second-order valence-electron chi connectivity index (χ2n) is 7.37. The molecule has 0 N–H and O–H groups in total. The molecule has 1 amide bonds. The van der Waals surface area contributed by atoms with Gasteiger partial charge in [0.2, 0.25) is 0 Å². The second kappa shape index (κ2) is 7.90. The number of anilines is 2. The predicted molar refractivity (Wildman–Crippen MR) is 115 cm³/mol. The topological polar surface area (TPSA) is 31.7 Å². The number of carbonyl (C=O) groups is 1. The zero-order chi connectivity index (χ0) is 19.5. The number of carbonyl (C=O) groups excluding carboxylic acids is 1. The van der Waals surface area contributed by atoms with Gasteiger partial charge in [0.25, 0.3) is 5.91 Å². The average molecular weight is 374 g/mol. The molecule has 0 atom stereocenters. The first kappa shape index (κ1) is 18.3. The van der Waals surface area contributed by atoms with Crippen molar-refractivity contribution < 1.29 is 4.79 Å². The molecule has 5 heteroatoms.